The molecule has 0 aliphatic carbocycles. The first-order valence-electron chi connectivity index (χ1n) is 6.29. The molecule has 0 bridgehead atoms. The third-order valence-electron chi connectivity index (χ3n) is 3.68. The quantitative estimate of drug-likeness (QED) is 0.689. The lowest BCUT2D eigenvalue weighted by atomic mass is 10.0. The molecule has 3 nitrogen and oxygen atoms in total. The Morgan fingerprint density at radius 2 is 1.80 bits per heavy atom. The van der Waals surface area contributed by atoms with Crippen molar-refractivity contribution in [3.63, 3.8) is 0 Å². The van der Waals surface area contributed by atoms with Crippen molar-refractivity contribution < 1.29 is 4.79 Å². The monoisotopic (exact) mass is 210 g/mol. The number of piperidine rings is 1. The van der Waals surface area contributed by atoms with E-state index < -0.39 is 0 Å². The highest BCUT2D eigenvalue weighted by Gasteiger charge is 2.25. The van der Waals surface area contributed by atoms with Gasteiger partial charge in [0, 0.05) is 12.6 Å². The third-order valence-corrected chi connectivity index (χ3v) is 3.68. The maximum Gasteiger partial charge on any atom is 0.236 e. The van der Waals surface area contributed by atoms with Crippen LogP contribution in [0.1, 0.15) is 39.0 Å². The van der Waals surface area contributed by atoms with Crippen molar-refractivity contribution >= 4 is 5.91 Å². The van der Waals surface area contributed by atoms with E-state index in [0.717, 1.165) is 19.6 Å². The average molecular weight is 210 g/mol. The fourth-order valence-corrected chi connectivity index (χ4v) is 2.69. The lowest BCUT2D eigenvalue weighted by Crippen LogP contribution is -2.46. The summed E-state index contributed by atoms with van der Waals surface area (Å²) in [4.78, 5) is 16.4. The van der Waals surface area contributed by atoms with Gasteiger partial charge in [0.1, 0.15) is 0 Å². The number of amides is 1. The summed E-state index contributed by atoms with van der Waals surface area (Å²) in [5.41, 5.74) is 0. The van der Waals surface area contributed by atoms with Gasteiger partial charge >= 0.3 is 0 Å². The van der Waals surface area contributed by atoms with Gasteiger partial charge in [-0.25, -0.2) is 0 Å². The van der Waals surface area contributed by atoms with E-state index in [0.29, 0.717) is 18.5 Å². The van der Waals surface area contributed by atoms with Gasteiger partial charge in [0.2, 0.25) is 5.91 Å². The highest BCUT2D eigenvalue weighted by atomic mass is 16.2. The molecule has 0 saturated carbocycles. The fourth-order valence-electron chi connectivity index (χ4n) is 2.69. The van der Waals surface area contributed by atoms with Gasteiger partial charge in [-0.1, -0.05) is 0 Å². The van der Waals surface area contributed by atoms with E-state index in [2.05, 4.69) is 16.7 Å². The summed E-state index contributed by atoms with van der Waals surface area (Å²) in [5, 5.41) is 0. The maximum atomic E-state index is 12.0. The van der Waals surface area contributed by atoms with Crippen molar-refractivity contribution in [3.8, 4) is 0 Å². The fraction of sp³-hybridized carbons (Fsp3) is 0.917. The van der Waals surface area contributed by atoms with E-state index in [-0.39, 0.29) is 0 Å². The van der Waals surface area contributed by atoms with Crippen molar-refractivity contribution in [1.82, 2.24) is 9.80 Å². The molecular formula is C12H22N2O. The SMILES string of the molecule is CC1CCCCN1C(=O)CN1CCCC1. The van der Waals surface area contributed by atoms with E-state index in [9.17, 15) is 4.79 Å². The van der Waals surface area contributed by atoms with Gasteiger partial charge in [-0.15, -0.1) is 0 Å². The zero-order valence-corrected chi connectivity index (χ0v) is 9.74. The molecule has 2 aliphatic rings. The standard InChI is InChI=1S/C12H22N2O/c1-11-6-2-3-9-14(11)12(15)10-13-7-4-5-8-13/h11H,2-10H2,1H3. The predicted molar refractivity (Wildman–Crippen MR) is 60.7 cm³/mol. The molecule has 2 fully saturated rings. The summed E-state index contributed by atoms with van der Waals surface area (Å²) in [7, 11) is 0. The van der Waals surface area contributed by atoms with Gasteiger partial charge < -0.3 is 4.90 Å². The molecule has 1 amide bonds. The van der Waals surface area contributed by atoms with Crippen LogP contribution in [-0.2, 0) is 4.79 Å². The zero-order valence-electron chi connectivity index (χ0n) is 9.74. The largest absolute Gasteiger partial charge is 0.339 e. The minimum Gasteiger partial charge on any atom is -0.339 e. The molecule has 15 heavy (non-hydrogen) atoms. The minimum atomic E-state index is 0.351. The number of likely N-dealkylation sites (tertiary alicyclic amines) is 2. The molecule has 3 heteroatoms. The van der Waals surface area contributed by atoms with Gasteiger partial charge in [0.05, 0.1) is 6.54 Å². The Morgan fingerprint density at radius 3 is 2.47 bits per heavy atom. The Bertz CT molecular complexity index is 224. The Balaban J connectivity index is 1.83. The molecule has 1 atom stereocenters. The molecule has 1 unspecified atom stereocenters. The van der Waals surface area contributed by atoms with Crippen LogP contribution in [0.3, 0.4) is 0 Å². The zero-order chi connectivity index (χ0) is 10.7. The number of rotatable bonds is 2. The second kappa shape index (κ2) is 4.97. The first-order valence-corrected chi connectivity index (χ1v) is 6.29. The first-order chi connectivity index (χ1) is 7.27. The third kappa shape index (κ3) is 2.71. The van der Waals surface area contributed by atoms with Gasteiger partial charge in [0.15, 0.2) is 0 Å². The van der Waals surface area contributed by atoms with E-state index in [1.54, 1.807) is 0 Å². The summed E-state index contributed by atoms with van der Waals surface area (Å²) in [6.07, 6.45) is 6.20. The molecule has 86 valence electrons. The number of carbonyl (C=O) groups is 1. The van der Waals surface area contributed by atoms with Gasteiger partial charge in [-0.3, -0.25) is 9.69 Å². The summed E-state index contributed by atoms with van der Waals surface area (Å²) < 4.78 is 0. The second-order valence-corrected chi connectivity index (χ2v) is 4.92. The Kier molecular flexibility index (Phi) is 3.62. The Labute approximate surface area is 92.4 Å². The summed E-state index contributed by atoms with van der Waals surface area (Å²) >= 11 is 0. The van der Waals surface area contributed by atoms with Crippen molar-refractivity contribution in [1.29, 1.82) is 0 Å². The van der Waals surface area contributed by atoms with Crippen LogP contribution in [0, 0.1) is 0 Å². The van der Waals surface area contributed by atoms with Gasteiger partial charge in [-0.2, -0.15) is 0 Å². The molecule has 0 aromatic carbocycles. The van der Waals surface area contributed by atoms with Gasteiger partial charge in [-0.05, 0) is 52.1 Å². The predicted octanol–water partition coefficient (Wildman–Crippen LogP) is 1.48. The molecule has 0 N–H and O–H groups in total. The molecule has 2 saturated heterocycles. The van der Waals surface area contributed by atoms with Crippen LogP contribution in [0.2, 0.25) is 0 Å². The van der Waals surface area contributed by atoms with Crippen molar-refractivity contribution in [2.45, 2.75) is 45.1 Å². The maximum absolute atomic E-state index is 12.0. The van der Waals surface area contributed by atoms with Crippen LogP contribution in [0.15, 0.2) is 0 Å². The number of hydrogen-bond donors (Lipinski definition) is 0. The number of nitrogens with zero attached hydrogens (tertiary/aromatic N) is 2. The highest BCUT2D eigenvalue weighted by molar-refractivity contribution is 5.78. The van der Waals surface area contributed by atoms with Crippen molar-refractivity contribution in [2.75, 3.05) is 26.2 Å². The van der Waals surface area contributed by atoms with Crippen molar-refractivity contribution in [3.05, 3.63) is 0 Å². The topological polar surface area (TPSA) is 23.6 Å². The normalized spacial score (nSPS) is 28.3. The Morgan fingerprint density at radius 1 is 1.13 bits per heavy atom. The average Bonchev–Trinajstić information content (AvgIpc) is 2.71. The molecule has 0 radical (unpaired) electrons. The number of carbonyl (C=O) groups excluding carboxylic acids is 1. The van der Waals surface area contributed by atoms with Crippen LogP contribution >= 0.6 is 0 Å². The van der Waals surface area contributed by atoms with Crippen LogP contribution in [-0.4, -0.2) is 47.9 Å². The lowest BCUT2D eigenvalue weighted by molar-refractivity contribution is -0.135. The molecule has 2 rings (SSSR count). The Hall–Kier alpha value is -0.570. The first kappa shape index (κ1) is 10.9. The smallest absolute Gasteiger partial charge is 0.236 e. The van der Waals surface area contributed by atoms with Crippen molar-refractivity contribution in [2.24, 2.45) is 0 Å². The van der Waals surface area contributed by atoms with E-state index >= 15 is 0 Å². The van der Waals surface area contributed by atoms with E-state index in [1.807, 2.05) is 0 Å². The highest BCUT2D eigenvalue weighted by Crippen LogP contribution is 2.17. The molecular weight excluding hydrogens is 188 g/mol. The second-order valence-electron chi connectivity index (χ2n) is 4.92. The molecule has 2 heterocycles. The summed E-state index contributed by atoms with van der Waals surface area (Å²) in [6.45, 7) is 6.06. The minimum absolute atomic E-state index is 0.351. The van der Waals surface area contributed by atoms with Crippen LogP contribution in [0.4, 0.5) is 0 Å². The van der Waals surface area contributed by atoms with Crippen LogP contribution in [0.5, 0.6) is 0 Å². The molecule has 2 aliphatic heterocycles. The molecule has 0 aromatic heterocycles. The van der Waals surface area contributed by atoms with E-state index in [4.69, 9.17) is 0 Å². The molecule has 0 spiro atoms. The molecule has 0 aromatic rings. The number of hydrogen-bond acceptors (Lipinski definition) is 2. The summed E-state index contributed by atoms with van der Waals surface area (Å²) in [6, 6.07) is 0.467. The van der Waals surface area contributed by atoms with Gasteiger partial charge in [0.25, 0.3) is 0 Å². The lowest BCUT2D eigenvalue weighted by Gasteiger charge is -2.34. The van der Waals surface area contributed by atoms with Crippen LogP contribution in [0.25, 0.3) is 0 Å². The van der Waals surface area contributed by atoms with E-state index in [1.165, 1.54) is 32.1 Å². The summed E-state index contributed by atoms with van der Waals surface area (Å²) in [5.74, 6) is 0.351. The van der Waals surface area contributed by atoms with Crippen LogP contribution < -0.4 is 0 Å².